The van der Waals surface area contributed by atoms with Crippen LogP contribution in [0.5, 0.6) is 5.75 Å². The van der Waals surface area contributed by atoms with Crippen LogP contribution in [0.1, 0.15) is 30.5 Å². The summed E-state index contributed by atoms with van der Waals surface area (Å²) in [5.41, 5.74) is 2.04. The van der Waals surface area contributed by atoms with E-state index < -0.39 is 10.3 Å². The Morgan fingerprint density at radius 1 is 1.27 bits per heavy atom. The molecule has 0 fully saturated rings. The molecule has 7 nitrogen and oxygen atoms in total. The maximum absolute atomic E-state index is 12.0. The van der Waals surface area contributed by atoms with Crippen molar-refractivity contribution in [1.82, 2.24) is 5.01 Å². The monoisotopic (exact) mass is 393 g/mol. The number of carbonyl (C=O) groups excluding carboxylic acids is 1. The molecule has 3 rings (SSSR count). The van der Waals surface area contributed by atoms with Crippen LogP contribution in [-0.4, -0.2) is 25.0 Å². The average molecular weight is 394 g/mol. The summed E-state index contributed by atoms with van der Waals surface area (Å²) < 4.78 is 26.9. The number of hydrazone groups is 1. The van der Waals surface area contributed by atoms with Crippen LogP contribution in [0.2, 0.25) is 5.02 Å². The first-order valence-corrected chi connectivity index (χ1v) is 9.54. The van der Waals surface area contributed by atoms with E-state index in [1.807, 2.05) is 18.2 Å². The number of nitrogens with zero attached hydrogens (tertiary/aromatic N) is 2. The lowest BCUT2D eigenvalue weighted by Gasteiger charge is -2.21. The summed E-state index contributed by atoms with van der Waals surface area (Å²) in [4.78, 5) is 12.0. The molecule has 1 atom stereocenters. The van der Waals surface area contributed by atoms with Crippen molar-refractivity contribution < 1.29 is 17.4 Å². The van der Waals surface area contributed by atoms with Gasteiger partial charge in [-0.1, -0.05) is 41.9 Å². The SMILES string of the molecule is CC(=O)N1N=C(c2cccc(OS(N)(=O)=O)c2)CC1c1ccccc1Cl. The number of hydrogen-bond donors (Lipinski definition) is 1. The van der Waals surface area contributed by atoms with Gasteiger partial charge in [-0.15, -0.1) is 0 Å². The van der Waals surface area contributed by atoms with Gasteiger partial charge in [-0.25, -0.2) is 5.01 Å². The third-order valence-corrected chi connectivity index (χ3v) is 4.65. The smallest absolute Gasteiger partial charge is 0.371 e. The highest BCUT2D eigenvalue weighted by atomic mass is 35.5. The fourth-order valence-corrected chi connectivity index (χ4v) is 3.46. The maximum Gasteiger partial charge on any atom is 0.380 e. The fourth-order valence-electron chi connectivity index (χ4n) is 2.82. The summed E-state index contributed by atoms with van der Waals surface area (Å²) in [5, 5.41) is 11.2. The van der Waals surface area contributed by atoms with Gasteiger partial charge in [0.05, 0.1) is 11.8 Å². The molecule has 1 heterocycles. The molecule has 136 valence electrons. The Morgan fingerprint density at radius 2 is 2.00 bits per heavy atom. The summed E-state index contributed by atoms with van der Waals surface area (Å²) in [7, 11) is -4.12. The molecule has 26 heavy (non-hydrogen) atoms. The molecule has 0 saturated carbocycles. The van der Waals surface area contributed by atoms with Crippen LogP contribution in [0.15, 0.2) is 53.6 Å². The Labute approximate surface area is 156 Å². The van der Waals surface area contributed by atoms with E-state index in [1.165, 1.54) is 24.1 Å². The van der Waals surface area contributed by atoms with Crippen LogP contribution in [0.4, 0.5) is 0 Å². The number of nitrogens with two attached hydrogens (primary N) is 1. The Bertz CT molecular complexity index is 991. The molecule has 2 N–H and O–H groups in total. The molecule has 0 radical (unpaired) electrons. The Kier molecular flexibility index (Phi) is 4.99. The van der Waals surface area contributed by atoms with E-state index in [2.05, 4.69) is 5.10 Å². The van der Waals surface area contributed by atoms with Gasteiger partial charge < -0.3 is 4.18 Å². The first kappa shape index (κ1) is 18.4. The summed E-state index contributed by atoms with van der Waals surface area (Å²) in [5.74, 6) is -0.148. The molecule has 1 aliphatic rings. The summed E-state index contributed by atoms with van der Waals surface area (Å²) >= 11 is 6.28. The van der Waals surface area contributed by atoms with E-state index in [1.54, 1.807) is 18.2 Å². The van der Waals surface area contributed by atoms with Gasteiger partial charge in [0.2, 0.25) is 5.91 Å². The van der Waals surface area contributed by atoms with Crippen molar-refractivity contribution in [2.75, 3.05) is 0 Å². The van der Waals surface area contributed by atoms with Crippen molar-refractivity contribution in [2.24, 2.45) is 10.2 Å². The van der Waals surface area contributed by atoms with E-state index >= 15 is 0 Å². The molecule has 9 heteroatoms. The zero-order chi connectivity index (χ0) is 18.9. The number of rotatable bonds is 4. The van der Waals surface area contributed by atoms with E-state index in [4.69, 9.17) is 20.9 Å². The van der Waals surface area contributed by atoms with Gasteiger partial charge in [0.1, 0.15) is 5.75 Å². The Balaban J connectivity index is 1.95. The second kappa shape index (κ2) is 7.06. The largest absolute Gasteiger partial charge is 0.380 e. The fraction of sp³-hybridized carbons (Fsp3) is 0.176. The highest BCUT2D eigenvalue weighted by molar-refractivity contribution is 7.84. The molecule has 2 aromatic carbocycles. The van der Waals surface area contributed by atoms with E-state index in [9.17, 15) is 13.2 Å². The van der Waals surface area contributed by atoms with Gasteiger partial charge in [0.15, 0.2) is 0 Å². The molecule has 1 unspecified atom stereocenters. The van der Waals surface area contributed by atoms with Crippen molar-refractivity contribution in [3.63, 3.8) is 0 Å². The van der Waals surface area contributed by atoms with Crippen molar-refractivity contribution in [3.05, 3.63) is 64.7 Å². The van der Waals surface area contributed by atoms with Crippen LogP contribution >= 0.6 is 11.6 Å². The van der Waals surface area contributed by atoms with Crippen LogP contribution in [0.3, 0.4) is 0 Å². The molecule has 0 aliphatic carbocycles. The summed E-state index contributed by atoms with van der Waals surface area (Å²) in [6.45, 7) is 1.43. The zero-order valence-corrected chi connectivity index (χ0v) is 15.4. The number of halogens is 1. The highest BCUT2D eigenvalue weighted by Gasteiger charge is 2.32. The summed E-state index contributed by atoms with van der Waals surface area (Å²) in [6, 6.07) is 13.3. The highest BCUT2D eigenvalue weighted by Crippen LogP contribution is 2.36. The quantitative estimate of drug-likeness (QED) is 0.862. The second-order valence-corrected chi connectivity index (χ2v) is 7.32. The van der Waals surface area contributed by atoms with Crippen LogP contribution < -0.4 is 9.32 Å². The minimum Gasteiger partial charge on any atom is -0.371 e. The minimum atomic E-state index is -4.12. The van der Waals surface area contributed by atoms with Gasteiger partial charge in [-0.2, -0.15) is 18.7 Å². The molecule has 0 bridgehead atoms. The molecular formula is C17H16ClN3O4S. The van der Waals surface area contributed by atoms with Gasteiger partial charge in [0, 0.05) is 23.9 Å². The molecule has 2 aromatic rings. The average Bonchev–Trinajstić information content (AvgIpc) is 2.99. The van der Waals surface area contributed by atoms with Crippen LogP contribution in [0.25, 0.3) is 0 Å². The number of amides is 1. The first-order valence-electron chi connectivity index (χ1n) is 7.69. The Hall–Kier alpha value is -2.42. The third-order valence-electron chi connectivity index (χ3n) is 3.88. The lowest BCUT2D eigenvalue weighted by atomic mass is 9.98. The third kappa shape index (κ3) is 4.04. The predicted molar refractivity (Wildman–Crippen MR) is 98.0 cm³/mol. The van der Waals surface area contributed by atoms with E-state index in [-0.39, 0.29) is 17.7 Å². The van der Waals surface area contributed by atoms with Gasteiger partial charge >= 0.3 is 10.3 Å². The van der Waals surface area contributed by atoms with E-state index in [0.717, 1.165) is 5.56 Å². The minimum absolute atomic E-state index is 0.0725. The van der Waals surface area contributed by atoms with Gasteiger partial charge in [-0.3, -0.25) is 4.79 Å². The maximum atomic E-state index is 12.0. The number of hydrogen-bond acceptors (Lipinski definition) is 5. The molecule has 0 aromatic heterocycles. The van der Waals surface area contributed by atoms with Crippen molar-refractivity contribution in [1.29, 1.82) is 0 Å². The summed E-state index contributed by atoms with van der Waals surface area (Å²) in [6.07, 6.45) is 0.433. The molecule has 1 amide bonds. The number of benzene rings is 2. The predicted octanol–water partition coefficient (Wildman–Crippen LogP) is 2.62. The van der Waals surface area contributed by atoms with Crippen molar-refractivity contribution in [3.8, 4) is 5.75 Å². The Morgan fingerprint density at radius 3 is 2.65 bits per heavy atom. The van der Waals surface area contributed by atoms with Crippen LogP contribution in [0, 0.1) is 0 Å². The van der Waals surface area contributed by atoms with Crippen LogP contribution in [-0.2, 0) is 15.1 Å². The van der Waals surface area contributed by atoms with Crippen molar-refractivity contribution in [2.45, 2.75) is 19.4 Å². The van der Waals surface area contributed by atoms with E-state index in [0.29, 0.717) is 22.7 Å². The lowest BCUT2D eigenvalue weighted by Crippen LogP contribution is -2.24. The lowest BCUT2D eigenvalue weighted by molar-refractivity contribution is -0.130. The normalized spacial score (nSPS) is 17.1. The molecule has 0 saturated heterocycles. The molecule has 1 aliphatic heterocycles. The second-order valence-electron chi connectivity index (χ2n) is 5.76. The molecule has 0 spiro atoms. The van der Waals surface area contributed by atoms with Gasteiger partial charge in [0.25, 0.3) is 0 Å². The standard InChI is InChI=1S/C17H16ClN3O4S/c1-11(22)21-17(14-7-2-3-8-15(14)18)10-16(20-21)12-5-4-6-13(9-12)25-26(19,23)24/h2-9,17H,10H2,1H3,(H2,19,23,24). The number of carbonyl (C=O) groups is 1. The molecular weight excluding hydrogens is 378 g/mol. The van der Waals surface area contributed by atoms with Gasteiger partial charge in [-0.05, 0) is 23.8 Å². The topological polar surface area (TPSA) is 102 Å². The zero-order valence-electron chi connectivity index (χ0n) is 13.8. The van der Waals surface area contributed by atoms with Crippen molar-refractivity contribution >= 4 is 33.5 Å². The first-order chi connectivity index (χ1) is 12.2.